The van der Waals surface area contributed by atoms with Crippen LogP contribution in [0, 0.1) is 0 Å². The molecule has 0 spiro atoms. The van der Waals surface area contributed by atoms with Crippen LogP contribution in [0.4, 0.5) is 11.4 Å². The Bertz CT molecular complexity index is 1250. The van der Waals surface area contributed by atoms with Gasteiger partial charge in [0.2, 0.25) is 0 Å². The molecule has 0 saturated carbocycles. The maximum absolute atomic E-state index is 12.9. The summed E-state index contributed by atoms with van der Waals surface area (Å²) in [7, 11) is -1.99. The fourth-order valence-electron chi connectivity index (χ4n) is 3.91. The number of carbonyl (C=O) groups is 4. The molecule has 0 saturated heterocycles. The average molecular weight is 412 g/mol. The van der Waals surface area contributed by atoms with Crippen LogP contribution in [0.2, 0.25) is 0 Å². The second-order valence-corrected chi connectivity index (χ2v) is 7.10. The lowest BCUT2D eigenvalue weighted by molar-refractivity contribution is 0.0912. The van der Waals surface area contributed by atoms with Crippen molar-refractivity contribution in [1.82, 2.24) is 0 Å². The number of nitrogens with zero attached hydrogens (tertiary/aromatic N) is 2. The Kier molecular flexibility index (Phi) is 4.11. The second-order valence-electron chi connectivity index (χ2n) is 7.10. The first kappa shape index (κ1) is 18.9. The molecule has 2 aliphatic heterocycles. The number of hydrogen-bond acceptors (Lipinski definition) is 6. The minimum atomic E-state index is -1.99. The van der Waals surface area contributed by atoms with Gasteiger partial charge in [0.15, 0.2) is 0 Å². The number of rotatable bonds is 3. The molecule has 0 bridgehead atoms. The normalized spacial score (nSPS) is 14.9. The van der Waals surface area contributed by atoms with Crippen LogP contribution in [-0.4, -0.2) is 40.8 Å². The van der Waals surface area contributed by atoms with E-state index >= 15 is 0 Å². The number of fused-ring (bicyclic) bond motifs is 2. The topological polar surface area (TPSA) is 115 Å². The summed E-state index contributed by atoms with van der Waals surface area (Å²) in [4.78, 5) is 53.2. The van der Waals surface area contributed by atoms with Gasteiger partial charge in [0.25, 0.3) is 23.6 Å². The molecule has 0 radical (unpaired) electrons. The summed E-state index contributed by atoms with van der Waals surface area (Å²) in [6, 6.07) is 16.5. The van der Waals surface area contributed by atoms with Crippen molar-refractivity contribution < 1.29 is 29.2 Å². The molecule has 0 fully saturated rings. The lowest BCUT2D eigenvalue weighted by Gasteiger charge is -2.22. The van der Waals surface area contributed by atoms with Crippen LogP contribution in [0.1, 0.15) is 41.4 Å². The first-order chi connectivity index (χ1) is 14.9. The molecule has 8 nitrogen and oxygen atoms in total. The molecule has 0 aromatic heterocycles. The lowest BCUT2D eigenvalue weighted by Crippen LogP contribution is -2.40. The molecule has 31 heavy (non-hydrogen) atoms. The summed E-state index contributed by atoms with van der Waals surface area (Å²) < 4.78 is 0. The molecule has 2 aliphatic rings. The van der Waals surface area contributed by atoms with E-state index in [9.17, 15) is 29.2 Å². The molecule has 2 heterocycles. The molecule has 3 aromatic rings. The van der Waals surface area contributed by atoms with Crippen LogP contribution in [0.15, 0.2) is 66.7 Å². The number of amides is 4. The third kappa shape index (κ3) is 2.64. The van der Waals surface area contributed by atoms with Gasteiger partial charge in [-0.3, -0.25) is 19.2 Å². The van der Waals surface area contributed by atoms with Crippen molar-refractivity contribution in [2.45, 2.75) is 0 Å². The van der Waals surface area contributed by atoms with Crippen molar-refractivity contribution in [2.75, 3.05) is 9.80 Å². The minimum absolute atomic E-state index is 0.0992. The summed E-state index contributed by atoms with van der Waals surface area (Å²) in [6.45, 7) is 0. The van der Waals surface area contributed by atoms with Crippen LogP contribution in [0.25, 0.3) is 0 Å². The van der Waals surface area contributed by atoms with Gasteiger partial charge in [-0.15, -0.1) is 0 Å². The molecule has 9 heteroatoms. The van der Waals surface area contributed by atoms with E-state index in [0.29, 0.717) is 0 Å². The standard InChI is InChI=1S/C22H13BN2O6/c26-19-13-5-1-2-6-14(13)20(27)24(19)12-9-10-17(23(30)31)18(11-12)25-21(28)15-7-3-4-8-16(15)22(25)29/h1-11,30-31H. The van der Waals surface area contributed by atoms with Crippen LogP contribution >= 0.6 is 0 Å². The summed E-state index contributed by atoms with van der Waals surface area (Å²) in [5.74, 6) is -2.37. The molecule has 150 valence electrons. The zero-order valence-corrected chi connectivity index (χ0v) is 15.9. The third-order valence-electron chi connectivity index (χ3n) is 5.38. The maximum atomic E-state index is 12.9. The SMILES string of the molecule is O=C1c2ccccc2C(=O)N1c1ccc(B(O)O)c(N2C(=O)c3ccccc3C2=O)c1. The average Bonchev–Trinajstić information content (AvgIpc) is 3.18. The highest BCUT2D eigenvalue weighted by molar-refractivity contribution is 6.61. The monoisotopic (exact) mass is 412 g/mol. The number of carbonyl (C=O) groups excluding carboxylic acids is 4. The largest absolute Gasteiger partial charge is 0.490 e. The van der Waals surface area contributed by atoms with Crippen molar-refractivity contribution in [3.8, 4) is 0 Å². The van der Waals surface area contributed by atoms with Crippen LogP contribution < -0.4 is 15.3 Å². The van der Waals surface area contributed by atoms with E-state index in [4.69, 9.17) is 0 Å². The fraction of sp³-hybridized carbons (Fsp3) is 0. The number of imide groups is 2. The number of benzene rings is 3. The molecule has 0 atom stereocenters. The molecule has 0 aliphatic carbocycles. The van der Waals surface area contributed by atoms with Crippen molar-refractivity contribution in [1.29, 1.82) is 0 Å². The van der Waals surface area contributed by atoms with Crippen LogP contribution in [0.3, 0.4) is 0 Å². The Morgan fingerprint density at radius 3 is 1.42 bits per heavy atom. The lowest BCUT2D eigenvalue weighted by atomic mass is 9.78. The zero-order chi connectivity index (χ0) is 21.9. The second kappa shape index (κ2) is 6.73. The van der Waals surface area contributed by atoms with Gasteiger partial charge in [-0.1, -0.05) is 30.3 Å². The molecule has 5 rings (SSSR count). The predicted molar refractivity (Wildman–Crippen MR) is 111 cm³/mol. The highest BCUT2D eigenvalue weighted by Gasteiger charge is 2.41. The Morgan fingerprint density at radius 2 is 1.00 bits per heavy atom. The zero-order valence-electron chi connectivity index (χ0n) is 15.9. The van der Waals surface area contributed by atoms with Gasteiger partial charge in [0, 0.05) is 5.46 Å². The van der Waals surface area contributed by atoms with Gasteiger partial charge in [-0.05, 0) is 36.4 Å². The number of anilines is 2. The van der Waals surface area contributed by atoms with Crippen LogP contribution in [0.5, 0.6) is 0 Å². The highest BCUT2D eigenvalue weighted by Crippen LogP contribution is 2.33. The Balaban J connectivity index is 1.64. The van der Waals surface area contributed by atoms with Crippen LogP contribution in [-0.2, 0) is 0 Å². The fourth-order valence-corrected chi connectivity index (χ4v) is 3.91. The summed E-state index contributed by atoms with van der Waals surface area (Å²) in [5.41, 5.74) is 0.698. The Labute approximate surface area is 176 Å². The highest BCUT2D eigenvalue weighted by atomic mass is 16.4. The molecule has 0 unspecified atom stereocenters. The van der Waals surface area contributed by atoms with Gasteiger partial charge in [-0.2, -0.15) is 0 Å². The molecule has 2 N–H and O–H groups in total. The quantitative estimate of drug-likeness (QED) is 0.490. The Morgan fingerprint density at radius 1 is 0.581 bits per heavy atom. The van der Waals surface area contributed by atoms with Crippen molar-refractivity contribution >= 4 is 47.6 Å². The van der Waals surface area contributed by atoms with Crippen molar-refractivity contribution in [3.63, 3.8) is 0 Å². The molecular weight excluding hydrogens is 399 g/mol. The van der Waals surface area contributed by atoms with E-state index in [1.54, 1.807) is 24.3 Å². The minimum Gasteiger partial charge on any atom is -0.423 e. The first-order valence-corrected chi connectivity index (χ1v) is 9.36. The molecular formula is C22H13BN2O6. The van der Waals surface area contributed by atoms with E-state index in [0.717, 1.165) is 9.80 Å². The van der Waals surface area contributed by atoms with Crippen molar-refractivity contribution in [2.24, 2.45) is 0 Å². The molecule has 3 aromatic carbocycles. The summed E-state index contributed by atoms with van der Waals surface area (Å²) in [5, 5.41) is 19.6. The Hall–Kier alpha value is -4.08. The molecule has 4 amide bonds. The van der Waals surface area contributed by atoms with Gasteiger partial charge in [-0.25, -0.2) is 9.80 Å². The van der Waals surface area contributed by atoms with E-state index in [1.807, 2.05) is 0 Å². The number of hydrogen-bond donors (Lipinski definition) is 2. The van der Waals surface area contributed by atoms with Gasteiger partial charge >= 0.3 is 7.12 Å². The third-order valence-corrected chi connectivity index (χ3v) is 5.38. The van der Waals surface area contributed by atoms with E-state index in [1.165, 1.54) is 42.5 Å². The van der Waals surface area contributed by atoms with E-state index in [-0.39, 0.29) is 39.1 Å². The first-order valence-electron chi connectivity index (χ1n) is 9.36. The maximum Gasteiger partial charge on any atom is 0.490 e. The summed E-state index contributed by atoms with van der Waals surface area (Å²) >= 11 is 0. The smallest absolute Gasteiger partial charge is 0.423 e. The van der Waals surface area contributed by atoms with Gasteiger partial charge in [0.1, 0.15) is 0 Å². The van der Waals surface area contributed by atoms with E-state index < -0.39 is 30.7 Å². The van der Waals surface area contributed by atoms with Crippen molar-refractivity contribution in [3.05, 3.63) is 89.0 Å². The van der Waals surface area contributed by atoms with E-state index in [2.05, 4.69) is 0 Å². The summed E-state index contributed by atoms with van der Waals surface area (Å²) in [6.07, 6.45) is 0. The van der Waals surface area contributed by atoms with Gasteiger partial charge in [0.05, 0.1) is 33.6 Å². The van der Waals surface area contributed by atoms with Gasteiger partial charge < -0.3 is 10.0 Å². The predicted octanol–water partition coefficient (Wildman–Crippen LogP) is 0.968.